The summed E-state index contributed by atoms with van der Waals surface area (Å²) in [6.07, 6.45) is 12.8. The van der Waals surface area contributed by atoms with Gasteiger partial charge in [-0.25, -0.2) is 0 Å². The van der Waals surface area contributed by atoms with Gasteiger partial charge in [0.05, 0.1) is 0 Å². The first-order valence-corrected chi connectivity index (χ1v) is 8.66. The van der Waals surface area contributed by atoms with Crippen molar-refractivity contribution in [3.05, 3.63) is 0 Å². The van der Waals surface area contributed by atoms with Crippen LogP contribution in [-0.4, -0.2) is 25.0 Å². The van der Waals surface area contributed by atoms with Crippen molar-refractivity contribution in [2.45, 2.75) is 70.6 Å². The van der Waals surface area contributed by atoms with Crippen LogP contribution in [0.5, 0.6) is 0 Å². The Morgan fingerprint density at radius 1 is 0.857 bits per heavy atom. The molecule has 1 amide bonds. The highest BCUT2D eigenvalue weighted by Crippen LogP contribution is 2.26. The van der Waals surface area contributed by atoms with Crippen LogP contribution in [0.2, 0.25) is 0 Å². The average Bonchev–Trinajstić information content (AvgIpc) is 2.53. The van der Waals surface area contributed by atoms with Gasteiger partial charge in [0.1, 0.15) is 0 Å². The van der Waals surface area contributed by atoms with Gasteiger partial charge in [-0.05, 0) is 37.5 Å². The largest absolute Gasteiger partial charge is 0.456 e. The molecule has 0 heterocycles. The van der Waals surface area contributed by atoms with Crippen LogP contribution in [0.15, 0.2) is 0 Å². The van der Waals surface area contributed by atoms with Crippen molar-refractivity contribution in [3.8, 4) is 0 Å². The van der Waals surface area contributed by atoms with Gasteiger partial charge in [0.2, 0.25) is 0 Å². The summed E-state index contributed by atoms with van der Waals surface area (Å²) in [5.74, 6) is 0.712. The van der Waals surface area contributed by atoms with Gasteiger partial charge in [-0.1, -0.05) is 38.5 Å². The third-order valence-electron chi connectivity index (χ3n) is 4.86. The number of carbonyl (C=O) groups excluding carboxylic acids is 2. The maximum Gasteiger partial charge on any atom is 0.306 e. The summed E-state index contributed by atoms with van der Waals surface area (Å²) in [4.78, 5) is 23.4. The molecule has 0 aromatic rings. The van der Waals surface area contributed by atoms with Crippen LogP contribution in [0.25, 0.3) is 0 Å². The number of rotatable bonds is 6. The van der Waals surface area contributed by atoms with Crippen molar-refractivity contribution in [1.29, 1.82) is 0 Å². The number of nitrogens with one attached hydrogen (secondary N) is 1. The first-order valence-electron chi connectivity index (χ1n) is 8.66. The number of hydrogen-bond donors (Lipinski definition) is 1. The number of amides is 1. The second kappa shape index (κ2) is 9.06. The van der Waals surface area contributed by atoms with Crippen molar-refractivity contribution in [2.24, 2.45) is 11.8 Å². The van der Waals surface area contributed by atoms with Gasteiger partial charge >= 0.3 is 5.97 Å². The molecule has 2 aliphatic carbocycles. The standard InChI is InChI=1S/C17H29NO3/c19-16(18-12-15-9-5-2-6-10-15)13-21-17(20)11-14-7-3-1-4-8-14/h14-15H,1-13H2,(H,18,19). The summed E-state index contributed by atoms with van der Waals surface area (Å²) in [5, 5.41) is 2.90. The molecule has 4 heteroatoms. The fourth-order valence-corrected chi connectivity index (χ4v) is 3.53. The van der Waals surface area contributed by atoms with Gasteiger partial charge in [-0.15, -0.1) is 0 Å². The minimum Gasteiger partial charge on any atom is -0.456 e. The number of carbonyl (C=O) groups is 2. The summed E-state index contributed by atoms with van der Waals surface area (Å²) in [6, 6.07) is 0. The Morgan fingerprint density at radius 3 is 2.05 bits per heavy atom. The SMILES string of the molecule is O=C(COC(=O)CC1CCCCC1)NCC1CCCCC1. The van der Waals surface area contributed by atoms with Gasteiger partial charge in [-0.2, -0.15) is 0 Å². The van der Waals surface area contributed by atoms with E-state index in [1.165, 1.54) is 51.4 Å². The first kappa shape index (κ1) is 16.3. The highest BCUT2D eigenvalue weighted by molar-refractivity contribution is 5.80. The number of ether oxygens (including phenoxy) is 1. The fraction of sp³-hybridized carbons (Fsp3) is 0.882. The van der Waals surface area contributed by atoms with E-state index in [0.29, 0.717) is 18.3 Å². The van der Waals surface area contributed by atoms with Crippen LogP contribution in [-0.2, 0) is 14.3 Å². The monoisotopic (exact) mass is 295 g/mol. The highest BCUT2D eigenvalue weighted by atomic mass is 16.5. The summed E-state index contributed by atoms with van der Waals surface area (Å²) in [6.45, 7) is 0.622. The molecule has 4 nitrogen and oxygen atoms in total. The molecule has 2 aliphatic rings. The Balaban J connectivity index is 1.54. The summed E-state index contributed by atoms with van der Waals surface area (Å²) in [5.41, 5.74) is 0. The van der Waals surface area contributed by atoms with Crippen LogP contribution in [0.3, 0.4) is 0 Å². The van der Waals surface area contributed by atoms with Crippen LogP contribution in [0.4, 0.5) is 0 Å². The van der Waals surface area contributed by atoms with Crippen LogP contribution >= 0.6 is 0 Å². The van der Waals surface area contributed by atoms with Crippen molar-refractivity contribution >= 4 is 11.9 Å². The van der Waals surface area contributed by atoms with Crippen molar-refractivity contribution in [3.63, 3.8) is 0 Å². The van der Waals surface area contributed by atoms with E-state index in [2.05, 4.69) is 5.32 Å². The third-order valence-corrected chi connectivity index (χ3v) is 4.86. The van der Waals surface area contributed by atoms with E-state index in [-0.39, 0.29) is 18.5 Å². The van der Waals surface area contributed by atoms with Gasteiger partial charge in [0.25, 0.3) is 5.91 Å². The molecule has 0 spiro atoms. The molecule has 0 aromatic heterocycles. The molecule has 0 bridgehead atoms. The van der Waals surface area contributed by atoms with Gasteiger partial charge < -0.3 is 10.1 Å². The molecule has 2 saturated carbocycles. The van der Waals surface area contributed by atoms with Gasteiger partial charge in [0.15, 0.2) is 6.61 Å². The molecule has 1 N–H and O–H groups in total. The zero-order valence-corrected chi connectivity index (χ0v) is 13.1. The van der Waals surface area contributed by atoms with E-state index < -0.39 is 0 Å². The third kappa shape index (κ3) is 6.49. The highest BCUT2D eigenvalue weighted by Gasteiger charge is 2.19. The molecule has 0 atom stereocenters. The topological polar surface area (TPSA) is 55.4 Å². The van der Waals surface area contributed by atoms with E-state index in [1.54, 1.807) is 0 Å². The Morgan fingerprint density at radius 2 is 1.43 bits per heavy atom. The van der Waals surface area contributed by atoms with Crippen molar-refractivity contribution in [2.75, 3.05) is 13.2 Å². The maximum atomic E-state index is 11.7. The Labute approximate surface area is 128 Å². The van der Waals surface area contributed by atoms with Gasteiger partial charge in [-0.3, -0.25) is 9.59 Å². The van der Waals surface area contributed by atoms with E-state index in [9.17, 15) is 9.59 Å². The van der Waals surface area contributed by atoms with Crippen LogP contribution < -0.4 is 5.32 Å². The molecular formula is C17H29NO3. The second-order valence-electron chi connectivity index (χ2n) is 6.68. The summed E-state index contributed by atoms with van der Waals surface area (Å²) >= 11 is 0. The predicted octanol–water partition coefficient (Wildman–Crippen LogP) is 3.20. The lowest BCUT2D eigenvalue weighted by molar-refractivity contribution is -0.149. The Hall–Kier alpha value is -1.06. The lowest BCUT2D eigenvalue weighted by atomic mass is 9.87. The summed E-state index contributed by atoms with van der Waals surface area (Å²) < 4.78 is 5.10. The molecule has 0 aliphatic heterocycles. The Kier molecular flexibility index (Phi) is 7.04. The zero-order chi connectivity index (χ0) is 14.9. The van der Waals surface area contributed by atoms with Crippen molar-refractivity contribution < 1.29 is 14.3 Å². The van der Waals surface area contributed by atoms with E-state index >= 15 is 0 Å². The fourth-order valence-electron chi connectivity index (χ4n) is 3.53. The minimum atomic E-state index is -0.213. The maximum absolute atomic E-state index is 11.7. The molecule has 0 unspecified atom stereocenters. The quantitative estimate of drug-likeness (QED) is 0.766. The molecule has 0 radical (unpaired) electrons. The second-order valence-corrected chi connectivity index (χ2v) is 6.68. The van der Waals surface area contributed by atoms with Gasteiger partial charge in [0, 0.05) is 13.0 Å². The van der Waals surface area contributed by atoms with Crippen LogP contribution in [0, 0.1) is 11.8 Å². The molecule has 0 saturated heterocycles. The van der Waals surface area contributed by atoms with E-state index in [4.69, 9.17) is 4.74 Å². The molecular weight excluding hydrogens is 266 g/mol. The minimum absolute atomic E-state index is 0.113. The number of esters is 1. The smallest absolute Gasteiger partial charge is 0.306 e. The first-order chi connectivity index (χ1) is 10.2. The molecule has 120 valence electrons. The van der Waals surface area contributed by atoms with Crippen molar-refractivity contribution in [1.82, 2.24) is 5.32 Å². The average molecular weight is 295 g/mol. The van der Waals surface area contributed by atoms with E-state index in [0.717, 1.165) is 19.4 Å². The number of hydrogen-bond acceptors (Lipinski definition) is 3. The molecule has 0 aromatic carbocycles. The molecule has 2 rings (SSSR count). The molecule has 21 heavy (non-hydrogen) atoms. The lowest BCUT2D eigenvalue weighted by Gasteiger charge is -2.22. The molecule has 2 fully saturated rings. The Bertz CT molecular complexity index is 331. The normalized spacial score (nSPS) is 21.0. The zero-order valence-electron chi connectivity index (χ0n) is 13.1. The predicted molar refractivity (Wildman–Crippen MR) is 81.7 cm³/mol. The van der Waals surface area contributed by atoms with Crippen LogP contribution in [0.1, 0.15) is 70.6 Å². The summed E-state index contributed by atoms with van der Waals surface area (Å²) in [7, 11) is 0. The lowest BCUT2D eigenvalue weighted by Crippen LogP contribution is -2.33. The van der Waals surface area contributed by atoms with E-state index in [1.807, 2.05) is 0 Å².